The van der Waals surface area contributed by atoms with Crippen LogP contribution in [0.2, 0.25) is 0 Å². The normalized spacial score (nSPS) is 16.8. The van der Waals surface area contributed by atoms with Gasteiger partial charge in [0.25, 0.3) is 0 Å². The van der Waals surface area contributed by atoms with Gasteiger partial charge in [-0.1, -0.05) is 0 Å². The third kappa shape index (κ3) is 1.82. The summed E-state index contributed by atoms with van der Waals surface area (Å²) in [5, 5.41) is 32.4. The molecule has 0 unspecified atom stereocenters. The van der Waals surface area contributed by atoms with E-state index in [2.05, 4.69) is 26.7 Å². The smallest absolute Gasteiger partial charge is 0.100 e. The van der Waals surface area contributed by atoms with E-state index in [0.717, 1.165) is 24.2 Å². The second kappa shape index (κ2) is 4.50. The van der Waals surface area contributed by atoms with Crippen LogP contribution in [-0.2, 0) is 12.1 Å². The Balaban J connectivity index is 1.94. The number of aromatic nitrogens is 4. The average molecular weight is 258 g/mol. The van der Waals surface area contributed by atoms with E-state index in [9.17, 15) is 5.11 Å². The number of nitrogens with zero attached hydrogens (tertiary/aromatic N) is 4. The molecule has 1 aliphatic rings. The highest BCUT2D eigenvalue weighted by molar-refractivity contribution is 5.63. The Morgan fingerprint density at radius 3 is 2.95 bits per heavy atom. The summed E-state index contributed by atoms with van der Waals surface area (Å²) in [7, 11) is 0. The zero-order valence-corrected chi connectivity index (χ0v) is 10.3. The van der Waals surface area contributed by atoms with Crippen molar-refractivity contribution in [3.05, 3.63) is 24.3 Å². The van der Waals surface area contributed by atoms with Crippen LogP contribution in [0.15, 0.2) is 18.6 Å². The Morgan fingerprint density at radius 1 is 1.47 bits per heavy atom. The number of rotatable bonds is 4. The lowest BCUT2D eigenvalue weighted by molar-refractivity contribution is 0.160. The molecule has 0 aromatic carbocycles. The number of hydrogen-bond acceptors (Lipinski definition) is 5. The van der Waals surface area contributed by atoms with Crippen LogP contribution in [-0.4, -0.2) is 38.2 Å². The van der Waals surface area contributed by atoms with Crippen LogP contribution in [0, 0.1) is 11.3 Å². The van der Waals surface area contributed by atoms with Gasteiger partial charge in [-0.2, -0.15) is 15.5 Å². The molecule has 0 atom stereocenters. The third-order valence-electron chi connectivity index (χ3n) is 3.57. The Labute approximate surface area is 109 Å². The second-order valence-corrected chi connectivity index (χ2v) is 4.76. The van der Waals surface area contributed by atoms with Crippen LogP contribution in [0.1, 0.15) is 12.1 Å². The molecule has 1 saturated heterocycles. The van der Waals surface area contributed by atoms with Crippen LogP contribution in [0.3, 0.4) is 0 Å². The van der Waals surface area contributed by atoms with Crippen molar-refractivity contribution >= 4 is 0 Å². The molecule has 2 aromatic rings. The largest absolute Gasteiger partial charge is 0.390 e. The van der Waals surface area contributed by atoms with Crippen molar-refractivity contribution in [2.45, 2.75) is 18.6 Å². The van der Waals surface area contributed by atoms with Gasteiger partial charge in [-0.05, 0) is 0 Å². The minimum atomic E-state index is -0.240. The summed E-state index contributed by atoms with van der Waals surface area (Å²) >= 11 is 0. The minimum Gasteiger partial charge on any atom is -0.390 e. The first kappa shape index (κ1) is 11.9. The van der Waals surface area contributed by atoms with Crippen LogP contribution >= 0.6 is 0 Å². The Bertz CT molecular complexity index is 618. The van der Waals surface area contributed by atoms with Gasteiger partial charge in [0.05, 0.1) is 37.2 Å². The lowest BCUT2D eigenvalue weighted by Crippen LogP contribution is -2.60. The fourth-order valence-electron chi connectivity index (χ4n) is 2.33. The Hall–Kier alpha value is -2.17. The molecule has 0 radical (unpaired) electrons. The summed E-state index contributed by atoms with van der Waals surface area (Å²) in [5.74, 6) is 0. The SMILES string of the molecule is N#CCC1(n2cc(-c3cn[nH]c3CO)cn2)CNC1. The number of H-pyrrole nitrogens is 1. The predicted molar refractivity (Wildman–Crippen MR) is 66.8 cm³/mol. The highest BCUT2D eigenvalue weighted by Gasteiger charge is 2.39. The zero-order valence-electron chi connectivity index (χ0n) is 10.3. The fourth-order valence-corrected chi connectivity index (χ4v) is 2.33. The molecule has 1 fully saturated rings. The van der Waals surface area contributed by atoms with Gasteiger partial charge in [-0.15, -0.1) is 0 Å². The van der Waals surface area contributed by atoms with E-state index >= 15 is 0 Å². The number of aromatic amines is 1. The number of hydrogen-bond donors (Lipinski definition) is 3. The first-order chi connectivity index (χ1) is 9.29. The van der Waals surface area contributed by atoms with Gasteiger partial charge in [0, 0.05) is 30.4 Å². The zero-order chi connectivity index (χ0) is 13.3. The van der Waals surface area contributed by atoms with E-state index in [4.69, 9.17) is 5.26 Å². The van der Waals surface area contributed by atoms with Crippen LogP contribution in [0.5, 0.6) is 0 Å². The molecule has 3 heterocycles. The van der Waals surface area contributed by atoms with Crippen LogP contribution in [0.4, 0.5) is 0 Å². The summed E-state index contributed by atoms with van der Waals surface area (Å²) in [4.78, 5) is 0. The molecule has 0 amide bonds. The monoisotopic (exact) mass is 258 g/mol. The molecule has 7 heteroatoms. The van der Waals surface area contributed by atoms with E-state index in [1.165, 1.54) is 0 Å². The van der Waals surface area contributed by atoms with E-state index in [1.54, 1.807) is 12.4 Å². The summed E-state index contributed by atoms with van der Waals surface area (Å²) in [5.41, 5.74) is 2.16. The van der Waals surface area contributed by atoms with Crippen molar-refractivity contribution in [1.82, 2.24) is 25.3 Å². The summed E-state index contributed by atoms with van der Waals surface area (Å²) < 4.78 is 1.84. The molecule has 2 aromatic heterocycles. The molecule has 0 saturated carbocycles. The van der Waals surface area contributed by atoms with Crippen LogP contribution in [0.25, 0.3) is 11.1 Å². The summed E-state index contributed by atoms with van der Waals surface area (Å²) in [6.07, 6.45) is 5.74. The molecule has 3 rings (SSSR count). The molecule has 19 heavy (non-hydrogen) atoms. The van der Waals surface area contributed by atoms with Crippen molar-refractivity contribution in [2.75, 3.05) is 13.1 Å². The summed E-state index contributed by atoms with van der Waals surface area (Å²) in [6, 6.07) is 2.22. The van der Waals surface area contributed by atoms with Crippen LogP contribution < -0.4 is 5.32 Å². The maximum Gasteiger partial charge on any atom is 0.100 e. The van der Waals surface area contributed by atoms with Crippen molar-refractivity contribution < 1.29 is 5.11 Å². The molecule has 0 aliphatic carbocycles. The van der Waals surface area contributed by atoms with Crippen molar-refractivity contribution in [3.8, 4) is 17.2 Å². The average Bonchev–Trinajstić information content (AvgIpc) is 3.01. The standard InChI is InChI=1S/C12H14N6O/c13-2-1-12(7-14-8-12)18-5-9(3-16-18)10-4-15-17-11(10)6-19/h3-5,14,19H,1,6-8H2,(H,15,17). The Kier molecular flexibility index (Phi) is 2.81. The van der Waals surface area contributed by atoms with Gasteiger partial charge in [0.15, 0.2) is 0 Å². The molecule has 0 bridgehead atoms. The van der Waals surface area contributed by atoms with Crippen molar-refractivity contribution in [1.29, 1.82) is 5.26 Å². The van der Waals surface area contributed by atoms with Crippen molar-refractivity contribution in [2.24, 2.45) is 0 Å². The summed E-state index contributed by atoms with van der Waals surface area (Å²) in [6.45, 7) is 1.41. The van der Waals surface area contributed by atoms with Crippen molar-refractivity contribution in [3.63, 3.8) is 0 Å². The molecule has 7 nitrogen and oxygen atoms in total. The van der Waals surface area contributed by atoms with Gasteiger partial charge >= 0.3 is 0 Å². The molecular formula is C12H14N6O. The number of aliphatic hydroxyl groups excluding tert-OH is 1. The van der Waals surface area contributed by atoms with E-state index in [1.807, 2.05) is 10.9 Å². The Morgan fingerprint density at radius 2 is 2.32 bits per heavy atom. The first-order valence-corrected chi connectivity index (χ1v) is 6.05. The van der Waals surface area contributed by atoms with Gasteiger partial charge in [0.2, 0.25) is 0 Å². The first-order valence-electron chi connectivity index (χ1n) is 6.05. The molecule has 1 aliphatic heterocycles. The van der Waals surface area contributed by atoms with E-state index in [-0.39, 0.29) is 12.1 Å². The number of nitrogens with one attached hydrogen (secondary N) is 2. The fraction of sp³-hybridized carbons (Fsp3) is 0.417. The lowest BCUT2D eigenvalue weighted by atomic mass is 9.89. The molecule has 3 N–H and O–H groups in total. The molecule has 98 valence electrons. The molecule has 0 spiro atoms. The highest BCUT2D eigenvalue weighted by atomic mass is 16.3. The third-order valence-corrected chi connectivity index (χ3v) is 3.57. The van der Waals surface area contributed by atoms with E-state index < -0.39 is 0 Å². The minimum absolute atomic E-state index is 0.0919. The van der Waals surface area contributed by atoms with Gasteiger partial charge < -0.3 is 10.4 Å². The quantitative estimate of drug-likeness (QED) is 0.715. The maximum atomic E-state index is 9.23. The molecular weight excluding hydrogens is 244 g/mol. The topological polar surface area (TPSA) is 103 Å². The maximum absolute atomic E-state index is 9.23. The van der Waals surface area contributed by atoms with E-state index in [0.29, 0.717) is 12.1 Å². The number of aliphatic hydroxyl groups is 1. The number of nitriles is 1. The van der Waals surface area contributed by atoms with Gasteiger partial charge in [-0.25, -0.2) is 0 Å². The highest BCUT2D eigenvalue weighted by Crippen LogP contribution is 2.28. The van der Waals surface area contributed by atoms with Gasteiger partial charge in [-0.3, -0.25) is 9.78 Å². The second-order valence-electron chi connectivity index (χ2n) is 4.76. The van der Waals surface area contributed by atoms with Gasteiger partial charge in [0.1, 0.15) is 5.54 Å². The predicted octanol–water partition coefficient (Wildman–Crippen LogP) is -0.0223. The lowest BCUT2D eigenvalue weighted by Gasteiger charge is -2.41.